The van der Waals surface area contributed by atoms with Gasteiger partial charge in [-0.1, -0.05) is 6.07 Å². The average Bonchev–Trinajstić information content (AvgIpc) is 2.36. The van der Waals surface area contributed by atoms with Crippen LogP contribution in [0.2, 0.25) is 0 Å². The molecule has 0 bridgehead atoms. The van der Waals surface area contributed by atoms with Crippen molar-refractivity contribution in [1.82, 2.24) is 5.32 Å². The van der Waals surface area contributed by atoms with Crippen LogP contribution in [0.5, 0.6) is 0 Å². The van der Waals surface area contributed by atoms with E-state index in [9.17, 15) is 9.59 Å². The number of carbonyl (C=O) groups is 2. The minimum atomic E-state index is -0.977. The van der Waals surface area contributed by atoms with Gasteiger partial charge < -0.3 is 15.3 Å². The van der Waals surface area contributed by atoms with Crippen molar-refractivity contribution >= 4 is 17.6 Å². The molecule has 0 spiro atoms. The van der Waals surface area contributed by atoms with E-state index in [1.807, 2.05) is 25.1 Å². The maximum atomic E-state index is 12.0. The van der Waals surface area contributed by atoms with E-state index in [0.717, 1.165) is 5.69 Å². The second-order valence-electron chi connectivity index (χ2n) is 5.32. The number of nitrogens with zero attached hydrogens (tertiary/aromatic N) is 1. The van der Waals surface area contributed by atoms with E-state index in [4.69, 9.17) is 5.11 Å². The summed E-state index contributed by atoms with van der Waals surface area (Å²) in [4.78, 5) is 24.8. The summed E-state index contributed by atoms with van der Waals surface area (Å²) in [6.07, 6.45) is 0. The zero-order valence-corrected chi connectivity index (χ0v) is 11.7. The number of carbonyl (C=O) groups excluding carboxylic acids is 1. The second kappa shape index (κ2) is 5.73. The highest BCUT2D eigenvalue weighted by Crippen LogP contribution is 2.15. The first-order chi connectivity index (χ1) is 8.74. The van der Waals surface area contributed by atoms with E-state index in [1.54, 1.807) is 32.0 Å². The highest BCUT2D eigenvalue weighted by Gasteiger charge is 2.27. The number of nitrogens with one attached hydrogen (secondary N) is 1. The molecule has 0 saturated carbocycles. The number of hydrogen-bond acceptors (Lipinski definition) is 3. The predicted molar refractivity (Wildman–Crippen MR) is 74.5 cm³/mol. The van der Waals surface area contributed by atoms with Gasteiger partial charge in [0.2, 0.25) is 0 Å². The van der Waals surface area contributed by atoms with Crippen LogP contribution >= 0.6 is 0 Å². The number of amides is 1. The van der Waals surface area contributed by atoms with Gasteiger partial charge in [-0.25, -0.2) is 0 Å². The number of carboxylic acid groups (broad SMARTS) is 1. The zero-order chi connectivity index (χ0) is 14.6. The Morgan fingerprint density at radius 3 is 2.47 bits per heavy atom. The normalized spacial score (nSPS) is 10.9. The Morgan fingerprint density at radius 1 is 1.32 bits per heavy atom. The minimum Gasteiger partial charge on any atom is -0.481 e. The zero-order valence-electron chi connectivity index (χ0n) is 11.7. The van der Waals surface area contributed by atoms with E-state index in [1.165, 1.54) is 0 Å². The Morgan fingerprint density at radius 2 is 1.95 bits per heavy atom. The molecule has 0 radical (unpaired) electrons. The lowest BCUT2D eigenvalue weighted by Crippen LogP contribution is -2.38. The molecule has 0 aliphatic heterocycles. The van der Waals surface area contributed by atoms with E-state index < -0.39 is 11.4 Å². The predicted octanol–water partition coefficient (Wildman–Crippen LogP) is 1.59. The van der Waals surface area contributed by atoms with Gasteiger partial charge in [-0.3, -0.25) is 9.59 Å². The Bertz CT molecular complexity index is 481. The maximum absolute atomic E-state index is 12.0. The lowest BCUT2D eigenvalue weighted by atomic mass is 9.94. The first-order valence-electron chi connectivity index (χ1n) is 6.03. The van der Waals surface area contributed by atoms with Gasteiger partial charge in [-0.05, 0) is 32.0 Å². The first-order valence-corrected chi connectivity index (χ1v) is 6.03. The van der Waals surface area contributed by atoms with Gasteiger partial charge >= 0.3 is 5.97 Å². The quantitative estimate of drug-likeness (QED) is 0.847. The second-order valence-corrected chi connectivity index (χ2v) is 5.32. The smallest absolute Gasteiger partial charge is 0.310 e. The van der Waals surface area contributed by atoms with Crippen LogP contribution in [0.1, 0.15) is 24.2 Å². The topological polar surface area (TPSA) is 69.6 Å². The van der Waals surface area contributed by atoms with Crippen LogP contribution < -0.4 is 10.2 Å². The fourth-order valence-electron chi connectivity index (χ4n) is 1.40. The SMILES string of the molecule is CN(C)c1cccc(C(=O)NCC(C)(C)C(=O)O)c1. The molecule has 0 aliphatic rings. The van der Waals surface area contributed by atoms with Gasteiger partial charge in [0.1, 0.15) is 0 Å². The Balaban J connectivity index is 2.74. The Labute approximate surface area is 113 Å². The molecule has 0 unspecified atom stereocenters. The fourth-order valence-corrected chi connectivity index (χ4v) is 1.40. The summed E-state index contributed by atoms with van der Waals surface area (Å²) in [5.41, 5.74) is 0.465. The van der Waals surface area contributed by atoms with Crippen LogP contribution in [0.25, 0.3) is 0 Å². The number of carboxylic acids is 1. The first kappa shape index (κ1) is 15.0. The van der Waals surface area contributed by atoms with E-state index in [-0.39, 0.29) is 12.5 Å². The van der Waals surface area contributed by atoms with Crippen LogP contribution in [-0.2, 0) is 4.79 Å². The summed E-state index contributed by atoms with van der Waals surface area (Å²) in [5.74, 6) is -1.20. The molecule has 1 aromatic carbocycles. The monoisotopic (exact) mass is 264 g/mol. The van der Waals surface area contributed by atoms with Crippen molar-refractivity contribution in [3.63, 3.8) is 0 Å². The van der Waals surface area contributed by atoms with Crippen molar-refractivity contribution < 1.29 is 14.7 Å². The largest absolute Gasteiger partial charge is 0.481 e. The number of anilines is 1. The molecular weight excluding hydrogens is 244 g/mol. The van der Waals surface area contributed by atoms with Crippen molar-refractivity contribution in [3.05, 3.63) is 29.8 Å². The van der Waals surface area contributed by atoms with Crippen molar-refractivity contribution in [2.75, 3.05) is 25.5 Å². The minimum absolute atomic E-state index is 0.0906. The van der Waals surface area contributed by atoms with Crippen LogP contribution in [0.15, 0.2) is 24.3 Å². The highest BCUT2D eigenvalue weighted by molar-refractivity contribution is 5.95. The summed E-state index contributed by atoms with van der Waals surface area (Å²) >= 11 is 0. The molecule has 0 heterocycles. The number of aliphatic carboxylic acids is 1. The van der Waals surface area contributed by atoms with Gasteiger partial charge in [0, 0.05) is 31.9 Å². The van der Waals surface area contributed by atoms with E-state index in [2.05, 4.69) is 5.32 Å². The van der Waals surface area contributed by atoms with E-state index in [0.29, 0.717) is 5.56 Å². The molecule has 0 atom stereocenters. The van der Waals surface area contributed by atoms with E-state index >= 15 is 0 Å². The molecule has 0 aromatic heterocycles. The number of hydrogen-bond donors (Lipinski definition) is 2. The molecule has 1 rings (SSSR count). The third kappa shape index (κ3) is 3.98. The summed E-state index contributed by atoms with van der Waals surface area (Å²) in [6, 6.07) is 7.17. The molecule has 0 saturated heterocycles. The molecule has 19 heavy (non-hydrogen) atoms. The Hall–Kier alpha value is -2.04. The summed E-state index contributed by atoms with van der Waals surface area (Å²) in [7, 11) is 3.79. The summed E-state index contributed by atoms with van der Waals surface area (Å²) < 4.78 is 0. The molecule has 104 valence electrons. The standard InChI is InChI=1S/C14H20N2O3/c1-14(2,13(18)19)9-15-12(17)10-6-5-7-11(8-10)16(3)4/h5-8H,9H2,1-4H3,(H,15,17)(H,18,19). The van der Waals surface area contributed by atoms with Crippen LogP contribution in [0, 0.1) is 5.41 Å². The van der Waals surface area contributed by atoms with Crippen molar-refractivity contribution in [3.8, 4) is 0 Å². The maximum Gasteiger partial charge on any atom is 0.310 e. The van der Waals surface area contributed by atoms with Crippen LogP contribution in [-0.4, -0.2) is 37.6 Å². The van der Waals surface area contributed by atoms with Gasteiger partial charge in [-0.2, -0.15) is 0 Å². The van der Waals surface area contributed by atoms with Crippen LogP contribution in [0.4, 0.5) is 5.69 Å². The van der Waals surface area contributed by atoms with Crippen molar-refractivity contribution in [2.45, 2.75) is 13.8 Å². The molecular formula is C14H20N2O3. The Kier molecular flexibility index (Phi) is 4.53. The fraction of sp³-hybridized carbons (Fsp3) is 0.429. The van der Waals surface area contributed by atoms with Gasteiger partial charge in [0.05, 0.1) is 5.41 Å². The molecule has 1 aromatic rings. The molecule has 5 nitrogen and oxygen atoms in total. The third-order valence-electron chi connectivity index (χ3n) is 2.89. The van der Waals surface area contributed by atoms with Gasteiger partial charge in [-0.15, -0.1) is 0 Å². The lowest BCUT2D eigenvalue weighted by Gasteiger charge is -2.20. The average molecular weight is 264 g/mol. The number of benzene rings is 1. The van der Waals surface area contributed by atoms with Crippen molar-refractivity contribution in [1.29, 1.82) is 0 Å². The van der Waals surface area contributed by atoms with Gasteiger partial charge in [0.15, 0.2) is 0 Å². The third-order valence-corrected chi connectivity index (χ3v) is 2.89. The molecule has 5 heteroatoms. The number of rotatable bonds is 5. The molecule has 0 fully saturated rings. The highest BCUT2D eigenvalue weighted by atomic mass is 16.4. The summed E-state index contributed by atoms with van der Waals surface area (Å²) in [6.45, 7) is 3.24. The molecule has 1 amide bonds. The molecule has 0 aliphatic carbocycles. The lowest BCUT2D eigenvalue weighted by molar-refractivity contribution is -0.146. The molecule has 2 N–H and O–H groups in total. The summed E-state index contributed by atoms with van der Waals surface area (Å²) in [5, 5.41) is 11.6. The van der Waals surface area contributed by atoms with Crippen LogP contribution in [0.3, 0.4) is 0 Å². The van der Waals surface area contributed by atoms with Gasteiger partial charge in [0.25, 0.3) is 5.91 Å². The van der Waals surface area contributed by atoms with Crippen molar-refractivity contribution in [2.24, 2.45) is 5.41 Å².